The Morgan fingerprint density at radius 3 is 2.83 bits per heavy atom. The first-order valence-corrected chi connectivity index (χ1v) is 9.04. The Hall–Kier alpha value is -1.88. The van der Waals surface area contributed by atoms with Gasteiger partial charge in [-0.25, -0.2) is 4.98 Å². The van der Waals surface area contributed by atoms with Crippen LogP contribution < -0.4 is 10.1 Å². The largest absolute Gasteiger partial charge is 0.486 e. The first kappa shape index (κ1) is 16.0. The zero-order valence-electron chi connectivity index (χ0n) is 13.4. The molecule has 5 heteroatoms. The third-order valence-corrected chi connectivity index (χ3v) is 4.94. The maximum absolute atomic E-state index is 12.5. The minimum atomic E-state index is -0.0399. The monoisotopic (exact) mass is 330 g/mol. The lowest BCUT2D eigenvalue weighted by Crippen LogP contribution is -2.36. The normalized spacial score (nSPS) is 15.3. The number of nitrogens with zero attached hydrogens (tertiary/aromatic N) is 1. The molecule has 1 aromatic heterocycles. The van der Waals surface area contributed by atoms with Crippen LogP contribution in [0.5, 0.6) is 5.75 Å². The summed E-state index contributed by atoms with van der Waals surface area (Å²) in [4.78, 5) is 16.9. The van der Waals surface area contributed by atoms with E-state index in [-0.39, 0.29) is 5.91 Å². The second kappa shape index (κ2) is 7.59. The number of hydrogen-bond donors (Lipinski definition) is 1. The molecule has 1 aliphatic rings. The summed E-state index contributed by atoms with van der Waals surface area (Å²) < 4.78 is 5.83. The van der Waals surface area contributed by atoms with Crippen molar-refractivity contribution in [1.29, 1.82) is 0 Å². The summed E-state index contributed by atoms with van der Waals surface area (Å²) in [6.45, 7) is 2.36. The number of ether oxygens (including phenoxy) is 1. The number of carbonyl (C=O) groups excluding carboxylic acids is 1. The smallest absolute Gasteiger partial charge is 0.255 e. The van der Waals surface area contributed by atoms with Crippen LogP contribution in [0.4, 0.5) is 0 Å². The summed E-state index contributed by atoms with van der Waals surface area (Å²) >= 11 is 1.60. The summed E-state index contributed by atoms with van der Waals surface area (Å²) in [5, 5.41) is 6.15. The van der Waals surface area contributed by atoms with Gasteiger partial charge in [0.15, 0.2) is 0 Å². The van der Waals surface area contributed by atoms with Crippen LogP contribution in [0.2, 0.25) is 0 Å². The van der Waals surface area contributed by atoms with E-state index >= 15 is 0 Å². The van der Waals surface area contributed by atoms with Crippen LogP contribution >= 0.6 is 11.3 Å². The van der Waals surface area contributed by atoms with E-state index in [1.807, 2.05) is 36.6 Å². The van der Waals surface area contributed by atoms with Gasteiger partial charge in [0.05, 0.1) is 16.3 Å². The van der Waals surface area contributed by atoms with Gasteiger partial charge in [0.2, 0.25) is 0 Å². The molecule has 0 bridgehead atoms. The number of thiazole rings is 1. The maximum Gasteiger partial charge on any atom is 0.255 e. The van der Waals surface area contributed by atoms with Gasteiger partial charge >= 0.3 is 0 Å². The zero-order chi connectivity index (χ0) is 16.1. The average Bonchev–Trinajstić information content (AvgIpc) is 2.99. The SMILES string of the molecule is Cc1nc(COc2ccccc2C(=O)NC2CCCCC2)cs1. The number of para-hydroxylation sites is 1. The van der Waals surface area contributed by atoms with Gasteiger partial charge in [0.1, 0.15) is 12.4 Å². The molecule has 1 aliphatic carbocycles. The van der Waals surface area contributed by atoms with Crippen molar-refractivity contribution in [2.75, 3.05) is 0 Å². The van der Waals surface area contributed by atoms with Gasteiger partial charge in [-0.3, -0.25) is 4.79 Å². The highest BCUT2D eigenvalue weighted by molar-refractivity contribution is 7.09. The van der Waals surface area contributed by atoms with Crippen molar-refractivity contribution >= 4 is 17.2 Å². The highest BCUT2D eigenvalue weighted by atomic mass is 32.1. The van der Waals surface area contributed by atoms with Crippen molar-refractivity contribution in [3.63, 3.8) is 0 Å². The van der Waals surface area contributed by atoms with E-state index in [4.69, 9.17) is 4.74 Å². The lowest BCUT2D eigenvalue weighted by Gasteiger charge is -2.23. The van der Waals surface area contributed by atoms with Gasteiger partial charge in [0, 0.05) is 11.4 Å². The van der Waals surface area contributed by atoms with E-state index in [1.54, 1.807) is 11.3 Å². The molecular weight excluding hydrogens is 308 g/mol. The molecule has 1 aromatic carbocycles. The van der Waals surface area contributed by atoms with Crippen molar-refractivity contribution in [3.05, 3.63) is 45.9 Å². The number of nitrogens with one attached hydrogen (secondary N) is 1. The number of hydrogen-bond acceptors (Lipinski definition) is 4. The molecule has 3 rings (SSSR count). The maximum atomic E-state index is 12.5. The molecule has 0 aliphatic heterocycles. The molecule has 1 heterocycles. The number of aromatic nitrogens is 1. The second-order valence-corrected chi connectivity index (χ2v) is 7.01. The first-order valence-electron chi connectivity index (χ1n) is 8.16. The van der Waals surface area contributed by atoms with E-state index in [1.165, 1.54) is 19.3 Å². The summed E-state index contributed by atoms with van der Waals surface area (Å²) in [6.07, 6.45) is 5.83. The standard InChI is InChI=1S/C18H22N2O2S/c1-13-19-15(12-23-13)11-22-17-10-6-5-9-16(17)18(21)20-14-7-3-2-4-8-14/h5-6,9-10,12,14H,2-4,7-8,11H2,1H3,(H,20,21). The number of rotatable bonds is 5. The van der Waals surface area contributed by atoms with E-state index in [2.05, 4.69) is 10.3 Å². The van der Waals surface area contributed by atoms with Crippen molar-refractivity contribution in [1.82, 2.24) is 10.3 Å². The summed E-state index contributed by atoms with van der Waals surface area (Å²) in [5.41, 5.74) is 1.50. The third kappa shape index (κ3) is 4.32. The van der Waals surface area contributed by atoms with E-state index in [0.717, 1.165) is 23.5 Å². The fourth-order valence-corrected chi connectivity index (χ4v) is 3.51. The molecule has 1 fully saturated rings. The van der Waals surface area contributed by atoms with Crippen LogP contribution in [0.15, 0.2) is 29.6 Å². The number of carbonyl (C=O) groups is 1. The molecule has 0 saturated heterocycles. The van der Waals surface area contributed by atoms with Gasteiger partial charge in [-0.05, 0) is 31.9 Å². The van der Waals surface area contributed by atoms with E-state index < -0.39 is 0 Å². The summed E-state index contributed by atoms with van der Waals surface area (Å²) in [5.74, 6) is 0.577. The fraction of sp³-hybridized carbons (Fsp3) is 0.444. The highest BCUT2D eigenvalue weighted by Crippen LogP contribution is 2.22. The van der Waals surface area contributed by atoms with E-state index in [9.17, 15) is 4.79 Å². The molecule has 0 atom stereocenters. The van der Waals surface area contributed by atoms with Crippen LogP contribution in [0.1, 0.15) is 53.2 Å². The fourth-order valence-electron chi connectivity index (χ4n) is 2.92. The summed E-state index contributed by atoms with van der Waals surface area (Å²) in [7, 11) is 0. The molecule has 1 saturated carbocycles. The molecular formula is C18H22N2O2S. The third-order valence-electron chi connectivity index (χ3n) is 4.11. The van der Waals surface area contributed by atoms with Crippen LogP contribution in [0, 0.1) is 6.92 Å². The van der Waals surface area contributed by atoms with Gasteiger partial charge in [-0.2, -0.15) is 0 Å². The molecule has 1 amide bonds. The van der Waals surface area contributed by atoms with Gasteiger partial charge in [0.25, 0.3) is 5.91 Å². The lowest BCUT2D eigenvalue weighted by atomic mass is 9.95. The Kier molecular flexibility index (Phi) is 5.28. The molecule has 4 nitrogen and oxygen atoms in total. The molecule has 2 aromatic rings. The summed E-state index contributed by atoms with van der Waals surface area (Å²) in [6, 6.07) is 7.72. The predicted octanol–water partition coefficient (Wildman–Crippen LogP) is 4.09. The Bertz CT molecular complexity index is 663. The van der Waals surface area contributed by atoms with Gasteiger partial charge < -0.3 is 10.1 Å². The molecule has 0 spiro atoms. The van der Waals surface area contributed by atoms with Crippen LogP contribution in [0.25, 0.3) is 0 Å². The molecule has 1 N–H and O–H groups in total. The van der Waals surface area contributed by atoms with Crippen molar-refractivity contribution in [2.45, 2.75) is 51.7 Å². The highest BCUT2D eigenvalue weighted by Gasteiger charge is 2.19. The van der Waals surface area contributed by atoms with Crippen LogP contribution in [0.3, 0.4) is 0 Å². The molecule has 0 unspecified atom stereocenters. The minimum Gasteiger partial charge on any atom is -0.486 e. The topological polar surface area (TPSA) is 51.2 Å². The quantitative estimate of drug-likeness (QED) is 0.898. The molecule has 23 heavy (non-hydrogen) atoms. The zero-order valence-corrected chi connectivity index (χ0v) is 14.2. The van der Waals surface area contributed by atoms with Crippen molar-refractivity contribution < 1.29 is 9.53 Å². The number of amides is 1. The Balaban J connectivity index is 1.65. The minimum absolute atomic E-state index is 0.0399. The molecule has 122 valence electrons. The van der Waals surface area contributed by atoms with Crippen LogP contribution in [-0.2, 0) is 6.61 Å². The first-order chi connectivity index (χ1) is 11.2. The second-order valence-electron chi connectivity index (χ2n) is 5.95. The van der Waals surface area contributed by atoms with Crippen molar-refractivity contribution in [2.24, 2.45) is 0 Å². The Morgan fingerprint density at radius 2 is 2.09 bits per heavy atom. The predicted molar refractivity (Wildman–Crippen MR) is 92.0 cm³/mol. The average molecular weight is 330 g/mol. The Morgan fingerprint density at radius 1 is 1.30 bits per heavy atom. The van der Waals surface area contributed by atoms with Crippen molar-refractivity contribution in [3.8, 4) is 5.75 Å². The van der Waals surface area contributed by atoms with E-state index in [0.29, 0.717) is 24.0 Å². The number of aryl methyl sites for hydroxylation is 1. The van der Waals surface area contributed by atoms with Gasteiger partial charge in [-0.15, -0.1) is 11.3 Å². The van der Waals surface area contributed by atoms with Gasteiger partial charge in [-0.1, -0.05) is 31.4 Å². The number of benzene rings is 1. The lowest BCUT2D eigenvalue weighted by molar-refractivity contribution is 0.0923. The van der Waals surface area contributed by atoms with Crippen LogP contribution in [-0.4, -0.2) is 16.9 Å². The molecule has 0 radical (unpaired) electrons. The Labute approximate surface area is 140 Å².